The molecule has 14 rings (SSSR count). The van der Waals surface area contributed by atoms with Crippen molar-refractivity contribution in [2.24, 2.45) is 0 Å². The van der Waals surface area contributed by atoms with Crippen LogP contribution in [-0.4, -0.2) is 12.3 Å². The first-order valence-electron chi connectivity index (χ1n) is 27.7. The number of para-hydroxylation sites is 1. The van der Waals surface area contributed by atoms with E-state index in [-0.39, 0.29) is 23.0 Å². The van der Waals surface area contributed by atoms with E-state index in [2.05, 4.69) is 300 Å². The lowest BCUT2D eigenvalue weighted by Gasteiger charge is -2.53. The summed E-state index contributed by atoms with van der Waals surface area (Å²) in [6.07, 6.45) is 1.79. The van der Waals surface area contributed by atoms with Crippen LogP contribution in [-0.2, 0) is 29.1 Å². The molecular formula is C73H64BN3. The molecule has 0 radical (unpaired) electrons. The van der Waals surface area contributed by atoms with Crippen LogP contribution in [0.15, 0.2) is 237 Å². The minimum absolute atomic E-state index is 0.00328. The van der Waals surface area contributed by atoms with Gasteiger partial charge in [-0.25, -0.2) is 0 Å². The molecule has 3 heterocycles. The van der Waals surface area contributed by atoms with Gasteiger partial charge in [0.05, 0.1) is 5.54 Å². The Balaban J connectivity index is 1.10. The Bertz CT molecular complexity index is 3910. The molecule has 3 nitrogen and oxygen atoms in total. The van der Waals surface area contributed by atoms with Crippen molar-refractivity contribution in [1.29, 1.82) is 0 Å². The summed E-state index contributed by atoms with van der Waals surface area (Å²) in [6.45, 7) is 16.5. The monoisotopic (exact) mass is 994 g/mol. The number of benzene rings is 10. The summed E-state index contributed by atoms with van der Waals surface area (Å²) in [5, 5.41) is 0. The van der Waals surface area contributed by atoms with Gasteiger partial charge in [0.15, 0.2) is 0 Å². The maximum atomic E-state index is 2.78. The molecule has 77 heavy (non-hydrogen) atoms. The zero-order valence-electron chi connectivity index (χ0n) is 45.3. The lowest BCUT2D eigenvalue weighted by atomic mass is 9.33. The molecule has 0 fully saturated rings. The Morgan fingerprint density at radius 2 is 0.844 bits per heavy atom. The van der Waals surface area contributed by atoms with E-state index in [9.17, 15) is 0 Å². The van der Waals surface area contributed by atoms with Gasteiger partial charge in [-0.15, -0.1) is 0 Å². The predicted molar refractivity (Wildman–Crippen MR) is 327 cm³/mol. The molecule has 1 aliphatic carbocycles. The molecule has 0 saturated heterocycles. The first kappa shape index (κ1) is 47.1. The van der Waals surface area contributed by atoms with Crippen LogP contribution in [0, 0.1) is 0 Å². The van der Waals surface area contributed by atoms with Gasteiger partial charge in [-0.2, -0.15) is 0 Å². The summed E-state index contributed by atoms with van der Waals surface area (Å²) >= 11 is 0. The SMILES string of the molecule is CC(C)(C)c1ccc(N2c3ccc(C(C)(C)C)cc3B3c4cc(-c5ccccc5)ccc4N(c4ccc(-c5ccccc5)cc4)c4cc(N5c6ccccc6C6(c7ccccc7)Cc7ccccc7CC56C)cc2c43)cc1. The summed E-state index contributed by atoms with van der Waals surface area (Å²) in [7, 11) is 0. The third-order valence-electron chi connectivity index (χ3n) is 17.9. The molecule has 3 aliphatic heterocycles. The van der Waals surface area contributed by atoms with Crippen LogP contribution in [0.3, 0.4) is 0 Å². The lowest BCUT2D eigenvalue weighted by Crippen LogP contribution is -2.62. The Kier molecular flexibility index (Phi) is 10.6. The van der Waals surface area contributed by atoms with Gasteiger partial charge in [0.1, 0.15) is 0 Å². The number of hydrogen-bond acceptors (Lipinski definition) is 3. The molecule has 0 spiro atoms. The van der Waals surface area contributed by atoms with Crippen LogP contribution in [0.1, 0.15) is 81.8 Å². The summed E-state index contributed by atoms with van der Waals surface area (Å²) in [5.41, 5.74) is 25.8. The maximum absolute atomic E-state index is 2.78. The minimum atomic E-state index is -0.403. The van der Waals surface area contributed by atoms with Crippen molar-refractivity contribution in [1.82, 2.24) is 0 Å². The van der Waals surface area contributed by atoms with Gasteiger partial charge in [0.2, 0.25) is 0 Å². The van der Waals surface area contributed by atoms with E-state index in [1.807, 2.05) is 0 Å². The van der Waals surface area contributed by atoms with Gasteiger partial charge in [-0.1, -0.05) is 224 Å². The Labute approximate surface area is 456 Å². The highest BCUT2D eigenvalue weighted by atomic mass is 15.3. The number of rotatable bonds is 6. The predicted octanol–water partition coefficient (Wildman–Crippen LogP) is 16.7. The first-order valence-corrected chi connectivity index (χ1v) is 27.7. The zero-order chi connectivity index (χ0) is 52.4. The summed E-state index contributed by atoms with van der Waals surface area (Å²) < 4.78 is 0. The van der Waals surface area contributed by atoms with Gasteiger partial charge in [-0.05, 0) is 157 Å². The number of fused-ring (bicyclic) bond motifs is 8. The molecule has 4 heteroatoms. The highest BCUT2D eigenvalue weighted by Crippen LogP contribution is 2.63. The third kappa shape index (κ3) is 7.25. The standard InChI is InChI=1S/C73H64BN3/c1-70(2,3)55-34-39-59(40-35-55)76-66-42-36-57(71(4,5)6)44-63(66)74-62-43-52(50-23-13-9-14-24-50)33-41-65(62)75(58-37-31-51(32-38-58)49-21-11-8-12-22-49)67-45-60(46-68(76)69(67)74)77-64-30-20-19-29-61(64)73(56-27-15-10-16-28-56)48-54-26-18-17-25-53(54)47-72(73,77)7/h8-46H,47-48H2,1-7H3. The molecule has 0 aromatic heterocycles. The quantitative estimate of drug-likeness (QED) is 0.154. The molecule has 0 amide bonds. The van der Waals surface area contributed by atoms with Gasteiger partial charge in [-0.3, -0.25) is 0 Å². The second-order valence-electron chi connectivity index (χ2n) is 24.4. The second-order valence-corrected chi connectivity index (χ2v) is 24.4. The smallest absolute Gasteiger partial charge is 0.252 e. The van der Waals surface area contributed by atoms with Crippen molar-refractivity contribution in [2.75, 3.05) is 14.7 Å². The van der Waals surface area contributed by atoms with Crippen LogP contribution in [0.4, 0.5) is 45.5 Å². The normalized spacial score (nSPS) is 18.0. The minimum Gasteiger partial charge on any atom is -0.334 e. The molecule has 0 bridgehead atoms. The van der Waals surface area contributed by atoms with Gasteiger partial charge in [0, 0.05) is 50.9 Å². The van der Waals surface area contributed by atoms with Crippen molar-refractivity contribution < 1.29 is 0 Å². The van der Waals surface area contributed by atoms with E-state index in [4.69, 9.17) is 0 Å². The van der Waals surface area contributed by atoms with Crippen LogP contribution >= 0.6 is 0 Å². The largest absolute Gasteiger partial charge is 0.334 e. The van der Waals surface area contributed by atoms with E-state index >= 15 is 0 Å². The number of nitrogens with zero attached hydrogens (tertiary/aromatic N) is 3. The molecule has 2 atom stereocenters. The van der Waals surface area contributed by atoms with Crippen LogP contribution < -0.4 is 31.1 Å². The highest BCUT2D eigenvalue weighted by Gasteiger charge is 2.62. The van der Waals surface area contributed by atoms with E-state index in [0.717, 1.165) is 24.2 Å². The molecular weight excluding hydrogens is 930 g/mol. The first-order chi connectivity index (χ1) is 37.3. The van der Waals surface area contributed by atoms with Crippen molar-refractivity contribution in [3.63, 3.8) is 0 Å². The van der Waals surface area contributed by atoms with Crippen molar-refractivity contribution in [2.45, 2.75) is 83.1 Å². The zero-order valence-corrected chi connectivity index (χ0v) is 45.3. The topological polar surface area (TPSA) is 9.72 Å². The Morgan fingerprint density at radius 3 is 1.45 bits per heavy atom. The van der Waals surface area contributed by atoms with Gasteiger partial charge < -0.3 is 14.7 Å². The molecule has 0 N–H and O–H groups in total. The van der Waals surface area contributed by atoms with Gasteiger partial charge >= 0.3 is 0 Å². The van der Waals surface area contributed by atoms with Crippen LogP contribution in [0.25, 0.3) is 22.3 Å². The van der Waals surface area contributed by atoms with Crippen molar-refractivity contribution in [3.8, 4) is 22.3 Å². The fraction of sp³-hybridized carbons (Fsp3) is 0.178. The fourth-order valence-electron chi connectivity index (χ4n) is 14.1. The Morgan fingerprint density at radius 1 is 0.377 bits per heavy atom. The molecule has 4 aliphatic rings. The molecule has 374 valence electrons. The van der Waals surface area contributed by atoms with E-state index in [0.29, 0.717) is 0 Å². The van der Waals surface area contributed by atoms with Crippen molar-refractivity contribution >= 4 is 68.6 Å². The second kappa shape index (κ2) is 17.3. The summed E-state index contributed by atoms with van der Waals surface area (Å²) in [4.78, 5) is 7.99. The molecule has 0 saturated carbocycles. The third-order valence-corrected chi connectivity index (χ3v) is 17.9. The maximum Gasteiger partial charge on any atom is 0.252 e. The van der Waals surface area contributed by atoms with E-state index < -0.39 is 5.54 Å². The van der Waals surface area contributed by atoms with Crippen LogP contribution in [0.2, 0.25) is 0 Å². The fourth-order valence-corrected chi connectivity index (χ4v) is 14.1. The molecule has 10 aromatic rings. The van der Waals surface area contributed by atoms with E-state index in [1.165, 1.54) is 106 Å². The molecule has 10 aromatic carbocycles. The van der Waals surface area contributed by atoms with E-state index in [1.54, 1.807) is 0 Å². The van der Waals surface area contributed by atoms with Crippen molar-refractivity contribution in [3.05, 3.63) is 270 Å². The van der Waals surface area contributed by atoms with Gasteiger partial charge in [0.25, 0.3) is 6.71 Å². The summed E-state index contributed by atoms with van der Waals surface area (Å²) in [6, 6.07) is 90.3. The Hall–Kier alpha value is -8.34. The van der Waals surface area contributed by atoms with Crippen LogP contribution in [0.5, 0.6) is 0 Å². The average Bonchev–Trinajstić information content (AvgIpc) is 3.67. The number of hydrogen-bond donors (Lipinski definition) is 0. The summed E-state index contributed by atoms with van der Waals surface area (Å²) in [5.74, 6) is 0. The lowest BCUT2D eigenvalue weighted by molar-refractivity contribution is 0.281. The molecule has 2 unspecified atom stereocenters. The highest BCUT2D eigenvalue weighted by molar-refractivity contribution is 7.00. The average molecular weight is 994 g/mol. The number of anilines is 8.